The number of anilines is 1. The summed E-state index contributed by atoms with van der Waals surface area (Å²) in [6.07, 6.45) is 1.53. The average Bonchev–Trinajstić information content (AvgIpc) is 2.71. The molecule has 0 spiro atoms. The van der Waals surface area contributed by atoms with E-state index in [9.17, 15) is 9.50 Å². The van der Waals surface area contributed by atoms with E-state index in [0.29, 0.717) is 18.9 Å². The lowest BCUT2D eigenvalue weighted by Gasteiger charge is -2.32. The Morgan fingerprint density at radius 2 is 1.78 bits per heavy atom. The molecule has 2 aliphatic rings. The van der Waals surface area contributed by atoms with Crippen LogP contribution in [0, 0.1) is 0 Å². The molecule has 1 aromatic rings. The highest BCUT2D eigenvalue weighted by molar-refractivity contribution is 6.61. The molecule has 23 heavy (non-hydrogen) atoms. The summed E-state index contributed by atoms with van der Waals surface area (Å²) >= 11 is 0. The van der Waals surface area contributed by atoms with E-state index in [2.05, 4.69) is 9.97 Å². The summed E-state index contributed by atoms with van der Waals surface area (Å²) in [7, 11) is -0.508. The lowest BCUT2D eigenvalue weighted by molar-refractivity contribution is 0.00578. The second-order valence-electron chi connectivity index (χ2n) is 7.22. The molecule has 1 N–H and O–H groups in total. The van der Waals surface area contributed by atoms with Gasteiger partial charge >= 0.3 is 7.12 Å². The third-order valence-corrected chi connectivity index (χ3v) is 4.97. The number of aliphatic hydroxyl groups is 1. The molecule has 0 radical (unpaired) electrons. The maximum absolute atomic E-state index is 13.6. The van der Waals surface area contributed by atoms with E-state index in [1.807, 2.05) is 27.7 Å². The monoisotopic (exact) mass is 323 g/mol. The van der Waals surface area contributed by atoms with Gasteiger partial charge in [-0.25, -0.2) is 14.4 Å². The van der Waals surface area contributed by atoms with Crippen LogP contribution in [-0.4, -0.2) is 58.8 Å². The van der Waals surface area contributed by atoms with Crippen LogP contribution in [0.2, 0.25) is 0 Å². The third kappa shape index (κ3) is 3.07. The minimum Gasteiger partial charge on any atom is -0.399 e. The van der Waals surface area contributed by atoms with E-state index in [4.69, 9.17) is 9.31 Å². The smallest absolute Gasteiger partial charge is 0.399 e. The fourth-order valence-electron chi connectivity index (χ4n) is 2.67. The second kappa shape index (κ2) is 5.68. The highest BCUT2D eigenvalue weighted by Crippen LogP contribution is 2.36. The zero-order valence-electron chi connectivity index (χ0n) is 14.0. The van der Waals surface area contributed by atoms with E-state index in [1.54, 1.807) is 17.3 Å². The fraction of sp³-hybridized carbons (Fsp3) is 0.733. The molecule has 3 heterocycles. The molecule has 0 aliphatic carbocycles. The Hall–Kier alpha value is -1.25. The minimum absolute atomic E-state index is 0.108. The van der Waals surface area contributed by atoms with Gasteiger partial charge in [-0.15, -0.1) is 0 Å². The van der Waals surface area contributed by atoms with Gasteiger partial charge in [-0.2, -0.15) is 0 Å². The summed E-state index contributed by atoms with van der Waals surface area (Å²) in [6.45, 7) is 8.60. The van der Waals surface area contributed by atoms with Crippen LogP contribution < -0.4 is 10.4 Å². The molecule has 2 saturated heterocycles. The van der Waals surface area contributed by atoms with Crippen molar-refractivity contribution in [3.05, 3.63) is 12.4 Å². The molecule has 0 saturated carbocycles. The molecular formula is C15H23BFN3O3. The molecule has 0 unspecified atom stereocenters. The number of piperidine rings is 1. The standard InChI is InChI=1S/C15H23BFN3O3/c1-14(2)15(3,4)23-16(22-14)10-7-18-13(19-8-10)20-6-5-12(21)11(17)9-20/h7-8,11-12,21H,5-6,9H2,1-4H3/t11-,12+/m0/s1. The van der Waals surface area contributed by atoms with Crippen molar-refractivity contribution in [3.8, 4) is 0 Å². The number of rotatable bonds is 2. The normalized spacial score (nSPS) is 29.8. The highest BCUT2D eigenvalue weighted by atomic mass is 19.1. The Morgan fingerprint density at radius 3 is 2.30 bits per heavy atom. The van der Waals surface area contributed by atoms with Gasteiger partial charge in [0, 0.05) is 24.4 Å². The Balaban J connectivity index is 1.71. The van der Waals surface area contributed by atoms with Gasteiger partial charge in [0.25, 0.3) is 0 Å². The maximum atomic E-state index is 13.6. The van der Waals surface area contributed by atoms with Crippen molar-refractivity contribution in [2.24, 2.45) is 0 Å². The molecule has 0 bridgehead atoms. The SMILES string of the molecule is CC1(C)OB(c2cnc(N3CC[C@@H](O)[C@@H](F)C3)nc2)OC1(C)C. The number of aliphatic hydroxyl groups excluding tert-OH is 1. The summed E-state index contributed by atoms with van der Waals surface area (Å²) in [5, 5.41) is 9.45. The van der Waals surface area contributed by atoms with Gasteiger partial charge in [0.15, 0.2) is 0 Å². The molecule has 1 aromatic heterocycles. The first-order chi connectivity index (χ1) is 10.7. The zero-order valence-corrected chi connectivity index (χ0v) is 14.0. The molecule has 3 rings (SSSR count). The second-order valence-corrected chi connectivity index (χ2v) is 7.22. The van der Waals surface area contributed by atoms with Crippen molar-refractivity contribution in [3.63, 3.8) is 0 Å². The quantitative estimate of drug-likeness (QED) is 0.808. The summed E-state index contributed by atoms with van der Waals surface area (Å²) < 4.78 is 25.5. The largest absolute Gasteiger partial charge is 0.498 e. The molecule has 0 amide bonds. The zero-order chi connectivity index (χ0) is 16.8. The van der Waals surface area contributed by atoms with Crippen LogP contribution in [0.4, 0.5) is 10.3 Å². The van der Waals surface area contributed by atoms with Crippen LogP contribution in [-0.2, 0) is 9.31 Å². The fourth-order valence-corrected chi connectivity index (χ4v) is 2.67. The first-order valence-corrected chi connectivity index (χ1v) is 7.94. The molecule has 2 atom stereocenters. The molecule has 2 aliphatic heterocycles. The van der Waals surface area contributed by atoms with Gasteiger partial charge in [-0.05, 0) is 34.1 Å². The van der Waals surface area contributed by atoms with Crippen molar-refractivity contribution in [1.82, 2.24) is 9.97 Å². The van der Waals surface area contributed by atoms with Gasteiger partial charge in [0.05, 0.1) is 23.9 Å². The first kappa shape index (κ1) is 16.6. The van der Waals surface area contributed by atoms with Gasteiger partial charge in [-0.3, -0.25) is 0 Å². The van der Waals surface area contributed by atoms with Gasteiger partial charge in [-0.1, -0.05) is 0 Å². The van der Waals surface area contributed by atoms with Crippen molar-refractivity contribution in [1.29, 1.82) is 0 Å². The predicted octanol–water partition coefficient (Wildman–Crippen LogP) is 0.685. The van der Waals surface area contributed by atoms with Gasteiger partial charge < -0.3 is 19.3 Å². The summed E-state index contributed by atoms with van der Waals surface area (Å²) in [4.78, 5) is 10.4. The number of aromatic nitrogens is 2. The van der Waals surface area contributed by atoms with Crippen LogP contribution in [0.25, 0.3) is 0 Å². The minimum atomic E-state index is -1.27. The molecule has 6 nitrogen and oxygen atoms in total. The molecule has 2 fully saturated rings. The van der Waals surface area contributed by atoms with E-state index >= 15 is 0 Å². The number of alkyl halides is 1. The lowest BCUT2D eigenvalue weighted by atomic mass is 9.81. The van der Waals surface area contributed by atoms with Gasteiger partial charge in [0.1, 0.15) is 6.17 Å². The Morgan fingerprint density at radius 1 is 1.22 bits per heavy atom. The number of hydrogen-bond acceptors (Lipinski definition) is 6. The average molecular weight is 323 g/mol. The molecule has 126 valence electrons. The Kier molecular flexibility index (Phi) is 4.10. The van der Waals surface area contributed by atoms with Crippen molar-refractivity contribution >= 4 is 18.5 Å². The molecule has 0 aromatic carbocycles. The molecular weight excluding hydrogens is 300 g/mol. The predicted molar refractivity (Wildman–Crippen MR) is 85.5 cm³/mol. The van der Waals surface area contributed by atoms with E-state index < -0.39 is 30.6 Å². The van der Waals surface area contributed by atoms with Crippen LogP contribution in [0.3, 0.4) is 0 Å². The molecule has 8 heteroatoms. The van der Waals surface area contributed by atoms with E-state index in [0.717, 1.165) is 5.46 Å². The Labute approximate surface area is 136 Å². The van der Waals surface area contributed by atoms with Crippen LogP contribution in [0.1, 0.15) is 34.1 Å². The van der Waals surface area contributed by atoms with Gasteiger partial charge in [0.2, 0.25) is 5.95 Å². The summed E-state index contributed by atoms with van der Waals surface area (Å²) in [6, 6.07) is 0. The van der Waals surface area contributed by atoms with Crippen molar-refractivity contribution in [2.75, 3.05) is 18.0 Å². The number of halogens is 1. The Bertz CT molecular complexity index is 554. The van der Waals surface area contributed by atoms with Crippen LogP contribution >= 0.6 is 0 Å². The number of nitrogens with zero attached hydrogens (tertiary/aromatic N) is 3. The van der Waals surface area contributed by atoms with E-state index in [-0.39, 0.29) is 6.54 Å². The first-order valence-electron chi connectivity index (χ1n) is 7.94. The maximum Gasteiger partial charge on any atom is 0.498 e. The summed E-state index contributed by atoms with van der Waals surface area (Å²) in [5.41, 5.74) is -0.0945. The summed E-state index contributed by atoms with van der Waals surface area (Å²) in [5.74, 6) is 0.458. The topological polar surface area (TPSA) is 67.7 Å². The van der Waals surface area contributed by atoms with Crippen molar-refractivity contribution < 1.29 is 18.8 Å². The third-order valence-electron chi connectivity index (χ3n) is 4.97. The highest BCUT2D eigenvalue weighted by Gasteiger charge is 2.52. The van der Waals surface area contributed by atoms with E-state index in [1.165, 1.54) is 0 Å². The number of hydrogen-bond donors (Lipinski definition) is 1. The van der Waals surface area contributed by atoms with Crippen LogP contribution in [0.15, 0.2) is 12.4 Å². The van der Waals surface area contributed by atoms with Crippen molar-refractivity contribution in [2.45, 2.75) is 57.6 Å². The lowest BCUT2D eigenvalue weighted by Crippen LogP contribution is -2.45. The van der Waals surface area contributed by atoms with Crippen LogP contribution in [0.5, 0.6) is 0 Å².